The molecule has 1 fully saturated rings. The number of likely N-dealkylation sites (tertiary alicyclic amines) is 1. The van der Waals surface area contributed by atoms with Crippen molar-refractivity contribution in [1.82, 2.24) is 9.62 Å². The van der Waals surface area contributed by atoms with Gasteiger partial charge in [0.1, 0.15) is 0 Å². The molecule has 0 unspecified atom stereocenters. The molecule has 0 radical (unpaired) electrons. The summed E-state index contributed by atoms with van der Waals surface area (Å²) < 4.78 is 25.9. The molecule has 1 aliphatic rings. The molecule has 14 heavy (non-hydrogen) atoms. The summed E-state index contributed by atoms with van der Waals surface area (Å²) in [6.45, 7) is 5.37. The van der Waals surface area contributed by atoms with Gasteiger partial charge in [0.05, 0.1) is 5.25 Å². The molecular formula is C9H20N2O2S. The molecule has 0 aromatic carbocycles. The first-order valence-electron chi connectivity index (χ1n) is 5.11. The summed E-state index contributed by atoms with van der Waals surface area (Å²) in [4.78, 5) is 2.22. The summed E-state index contributed by atoms with van der Waals surface area (Å²) in [6.07, 6.45) is 1.84. The first-order chi connectivity index (χ1) is 6.42. The Morgan fingerprint density at radius 2 is 1.79 bits per heavy atom. The highest BCUT2D eigenvalue weighted by Gasteiger charge is 2.23. The van der Waals surface area contributed by atoms with Crippen molar-refractivity contribution in [2.45, 2.75) is 38.0 Å². The lowest BCUT2D eigenvalue weighted by Crippen LogP contribution is -2.45. The van der Waals surface area contributed by atoms with E-state index in [2.05, 4.69) is 16.7 Å². The van der Waals surface area contributed by atoms with Gasteiger partial charge in [-0.2, -0.15) is 0 Å². The van der Waals surface area contributed by atoms with Crippen molar-refractivity contribution < 1.29 is 8.42 Å². The lowest BCUT2D eigenvalue weighted by atomic mass is 10.1. The summed E-state index contributed by atoms with van der Waals surface area (Å²) in [6, 6.07) is 0.138. The first kappa shape index (κ1) is 11.9. The Balaban J connectivity index is 2.46. The molecule has 0 bridgehead atoms. The number of nitrogens with one attached hydrogen (secondary N) is 1. The van der Waals surface area contributed by atoms with Crippen LogP contribution >= 0.6 is 0 Å². The van der Waals surface area contributed by atoms with Crippen LogP contribution in [0, 0.1) is 0 Å². The Kier molecular flexibility index (Phi) is 3.92. The van der Waals surface area contributed by atoms with Crippen LogP contribution in [0.4, 0.5) is 0 Å². The Bertz CT molecular complexity index is 267. The molecule has 0 aliphatic carbocycles. The summed E-state index contributed by atoms with van der Waals surface area (Å²) >= 11 is 0. The maximum Gasteiger partial charge on any atom is 0.214 e. The lowest BCUT2D eigenvalue weighted by molar-refractivity contribution is 0.248. The van der Waals surface area contributed by atoms with Crippen molar-refractivity contribution in [2.75, 3.05) is 20.1 Å². The van der Waals surface area contributed by atoms with Crippen molar-refractivity contribution in [3.8, 4) is 0 Å². The monoisotopic (exact) mass is 220 g/mol. The van der Waals surface area contributed by atoms with Crippen LogP contribution in [0.5, 0.6) is 0 Å². The van der Waals surface area contributed by atoms with Gasteiger partial charge in [-0.05, 0) is 46.8 Å². The zero-order valence-electron chi connectivity index (χ0n) is 9.16. The number of nitrogens with zero attached hydrogens (tertiary/aromatic N) is 1. The Hall–Kier alpha value is -0.130. The predicted octanol–water partition coefficient (Wildman–Crippen LogP) is 0.408. The van der Waals surface area contributed by atoms with E-state index in [1.807, 2.05) is 0 Å². The van der Waals surface area contributed by atoms with Crippen molar-refractivity contribution in [2.24, 2.45) is 0 Å². The third kappa shape index (κ3) is 3.22. The predicted molar refractivity (Wildman–Crippen MR) is 57.7 cm³/mol. The van der Waals surface area contributed by atoms with Crippen LogP contribution in [0.1, 0.15) is 26.7 Å². The highest BCUT2D eigenvalue weighted by atomic mass is 32.2. The minimum Gasteiger partial charge on any atom is -0.306 e. The molecule has 1 aliphatic heterocycles. The Morgan fingerprint density at radius 3 is 2.21 bits per heavy atom. The molecule has 0 aromatic heterocycles. The standard InChI is InChI=1S/C9H20N2O2S/c1-8(2)14(12,13)10-9-4-6-11(3)7-5-9/h8-10H,4-7H2,1-3H3. The zero-order chi connectivity index (χ0) is 10.8. The molecule has 0 amide bonds. The van der Waals surface area contributed by atoms with E-state index < -0.39 is 10.0 Å². The van der Waals surface area contributed by atoms with E-state index in [1.165, 1.54) is 0 Å². The largest absolute Gasteiger partial charge is 0.306 e. The maximum atomic E-state index is 11.6. The summed E-state index contributed by atoms with van der Waals surface area (Å²) in [5.41, 5.74) is 0. The molecule has 84 valence electrons. The summed E-state index contributed by atoms with van der Waals surface area (Å²) in [5.74, 6) is 0. The summed E-state index contributed by atoms with van der Waals surface area (Å²) in [5, 5.41) is -0.331. The highest BCUT2D eigenvalue weighted by molar-refractivity contribution is 7.90. The van der Waals surface area contributed by atoms with Gasteiger partial charge < -0.3 is 4.90 Å². The molecule has 5 heteroatoms. The van der Waals surface area contributed by atoms with Crippen LogP contribution in [0.25, 0.3) is 0 Å². The second-order valence-electron chi connectivity index (χ2n) is 4.29. The molecule has 1 rings (SSSR count). The van der Waals surface area contributed by atoms with Crippen molar-refractivity contribution in [1.29, 1.82) is 0 Å². The van der Waals surface area contributed by atoms with Gasteiger partial charge in [-0.1, -0.05) is 0 Å². The van der Waals surface area contributed by atoms with E-state index in [1.54, 1.807) is 13.8 Å². The third-order valence-corrected chi connectivity index (χ3v) is 4.57. The van der Waals surface area contributed by atoms with Crippen LogP contribution < -0.4 is 4.72 Å². The minimum absolute atomic E-state index is 0.138. The first-order valence-corrected chi connectivity index (χ1v) is 6.66. The van der Waals surface area contributed by atoms with E-state index in [0.717, 1.165) is 25.9 Å². The van der Waals surface area contributed by atoms with Crippen LogP contribution in [0.3, 0.4) is 0 Å². The number of hydrogen-bond acceptors (Lipinski definition) is 3. The van der Waals surface area contributed by atoms with Crippen LogP contribution in [0.2, 0.25) is 0 Å². The van der Waals surface area contributed by atoms with E-state index >= 15 is 0 Å². The van der Waals surface area contributed by atoms with Gasteiger partial charge in [0.25, 0.3) is 0 Å². The fraction of sp³-hybridized carbons (Fsp3) is 1.00. The average molecular weight is 220 g/mol. The number of piperidine rings is 1. The SMILES string of the molecule is CC(C)S(=O)(=O)NC1CCN(C)CC1. The molecule has 0 spiro atoms. The van der Waals surface area contributed by atoms with Crippen LogP contribution in [-0.2, 0) is 10.0 Å². The van der Waals surface area contributed by atoms with Gasteiger partial charge in [-0.25, -0.2) is 13.1 Å². The van der Waals surface area contributed by atoms with Crippen LogP contribution in [-0.4, -0.2) is 44.7 Å². The molecular weight excluding hydrogens is 200 g/mol. The molecule has 4 nitrogen and oxygen atoms in total. The van der Waals surface area contributed by atoms with Gasteiger partial charge in [-0.3, -0.25) is 0 Å². The Labute approximate surface area is 86.7 Å². The molecule has 0 atom stereocenters. The van der Waals surface area contributed by atoms with E-state index in [-0.39, 0.29) is 11.3 Å². The molecule has 1 saturated heterocycles. The topological polar surface area (TPSA) is 49.4 Å². The molecule has 0 aromatic rings. The fourth-order valence-electron chi connectivity index (χ4n) is 1.49. The van der Waals surface area contributed by atoms with E-state index in [0.29, 0.717) is 0 Å². The van der Waals surface area contributed by atoms with Gasteiger partial charge in [-0.15, -0.1) is 0 Å². The maximum absolute atomic E-state index is 11.6. The van der Waals surface area contributed by atoms with Gasteiger partial charge in [0.2, 0.25) is 10.0 Å². The van der Waals surface area contributed by atoms with Crippen molar-refractivity contribution >= 4 is 10.0 Å². The smallest absolute Gasteiger partial charge is 0.214 e. The van der Waals surface area contributed by atoms with Crippen molar-refractivity contribution in [3.05, 3.63) is 0 Å². The number of hydrogen-bond donors (Lipinski definition) is 1. The normalized spacial score (nSPS) is 21.7. The molecule has 0 saturated carbocycles. The average Bonchev–Trinajstić information content (AvgIpc) is 2.08. The second-order valence-corrected chi connectivity index (χ2v) is 6.56. The van der Waals surface area contributed by atoms with Crippen molar-refractivity contribution in [3.63, 3.8) is 0 Å². The molecule has 1 N–H and O–H groups in total. The van der Waals surface area contributed by atoms with E-state index in [4.69, 9.17) is 0 Å². The third-order valence-electron chi connectivity index (χ3n) is 2.67. The zero-order valence-corrected chi connectivity index (χ0v) is 9.97. The molecule has 1 heterocycles. The van der Waals surface area contributed by atoms with Gasteiger partial charge in [0, 0.05) is 6.04 Å². The minimum atomic E-state index is -3.08. The van der Waals surface area contributed by atoms with E-state index in [9.17, 15) is 8.42 Å². The second kappa shape index (κ2) is 4.59. The Morgan fingerprint density at radius 1 is 1.29 bits per heavy atom. The summed E-state index contributed by atoms with van der Waals surface area (Å²) in [7, 11) is -1.02. The highest BCUT2D eigenvalue weighted by Crippen LogP contribution is 2.10. The lowest BCUT2D eigenvalue weighted by Gasteiger charge is -2.29. The van der Waals surface area contributed by atoms with Gasteiger partial charge >= 0.3 is 0 Å². The number of rotatable bonds is 3. The van der Waals surface area contributed by atoms with Crippen LogP contribution in [0.15, 0.2) is 0 Å². The quantitative estimate of drug-likeness (QED) is 0.749. The van der Waals surface area contributed by atoms with Gasteiger partial charge in [0.15, 0.2) is 0 Å². The number of sulfonamides is 1. The fourth-order valence-corrected chi connectivity index (χ4v) is 2.47.